The van der Waals surface area contributed by atoms with E-state index in [0.29, 0.717) is 28.3 Å². The molecular formula is C30H28N2O7S. The smallest absolute Gasteiger partial charge is 0.340 e. The Balaban J connectivity index is 1.60. The number of para-hydroxylation sites is 1. The Morgan fingerprint density at radius 3 is 1.93 bits per heavy atom. The molecule has 0 atom stereocenters. The fourth-order valence-corrected chi connectivity index (χ4v) is 5.49. The monoisotopic (exact) mass is 560 g/mol. The lowest BCUT2D eigenvalue weighted by Crippen LogP contribution is -2.30. The van der Waals surface area contributed by atoms with E-state index in [-0.39, 0.29) is 22.7 Å². The van der Waals surface area contributed by atoms with Crippen LogP contribution < -0.4 is 19.1 Å². The van der Waals surface area contributed by atoms with Gasteiger partial charge in [0.1, 0.15) is 0 Å². The minimum atomic E-state index is -3.86. The minimum absolute atomic E-state index is 0.0469. The average molecular weight is 561 g/mol. The summed E-state index contributed by atoms with van der Waals surface area (Å²) in [6, 6.07) is 26.4. The molecule has 1 N–H and O–H groups in total. The van der Waals surface area contributed by atoms with Gasteiger partial charge in [-0.05, 0) is 42.0 Å². The third-order valence-corrected chi connectivity index (χ3v) is 7.88. The number of anilines is 2. The van der Waals surface area contributed by atoms with Gasteiger partial charge in [0.15, 0.2) is 11.5 Å². The molecule has 0 saturated carbocycles. The number of esters is 1. The zero-order valence-electron chi connectivity index (χ0n) is 22.2. The Hall–Kier alpha value is -4.83. The van der Waals surface area contributed by atoms with Crippen LogP contribution in [0, 0.1) is 0 Å². The van der Waals surface area contributed by atoms with Gasteiger partial charge in [-0.15, -0.1) is 0 Å². The molecule has 0 unspecified atom stereocenters. The number of hydrogen-bond acceptors (Lipinski definition) is 7. The first kappa shape index (κ1) is 28.2. The Labute approximate surface area is 233 Å². The van der Waals surface area contributed by atoms with Crippen molar-refractivity contribution in [2.24, 2.45) is 0 Å². The SMILES string of the molecule is COC(=O)c1cc(OC)c(OC)cc1NC(=O)c1ccc(CN(c2ccccc2)S(=O)(=O)c2ccccc2)cc1. The molecule has 0 aliphatic heterocycles. The van der Waals surface area contributed by atoms with E-state index < -0.39 is 21.9 Å². The fraction of sp³-hybridized carbons (Fsp3) is 0.133. The fourth-order valence-electron chi connectivity index (χ4n) is 4.01. The molecule has 0 radical (unpaired) electrons. The van der Waals surface area contributed by atoms with Crippen molar-refractivity contribution in [3.63, 3.8) is 0 Å². The maximum absolute atomic E-state index is 13.5. The molecule has 9 nitrogen and oxygen atoms in total. The van der Waals surface area contributed by atoms with E-state index in [1.54, 1.807) is 78.9 Å². The van der Waals surface area contributed by atoms with Gasteiger partial charge in [-0.25, -0.2) is 13.2 Å². The molecule has 0 spiro atoms. The number of methoxy groups -OCH3 is 3. The van der Waals surface area contributed by atoms with E-state index >= 15 is 0 Å². The predicted octanol–water partition coefficient (Wildman–Crippen LogP) is 5.14. The normalized spacial score (nSPS) is 10.9. The molecule has 0 bridgehead atoms. The number of carbonyl (C=O) groups excluding carboxylic acids is 2. The van der Waals surface area contributed by atoms with Crippen molar-refractivity contribution < 1.29 is 32.2 Å². The number of ether oxygens (including phenoxy) is 3. The highest BCUT2D eigenvalue weighted by Crippen LogP contribution is 2.34. The lowest BCUT2D eigenvalue weighted by atomic mass is 10.1. The van der Waals surface area contributed by atoms with Crippen molar-refractivity contribution in [2.45, 2.75) is 11.4 Å². The van der Waals surface area contributed by atoms with Crippen LogP contribution in [0.25, 0.3) is 0 Å². The Kier molecular flexibility index (Phi) is 8.70. The van der Waals surface area contributed by atoms with Gasteiger partial charge in [-0.1, -0.05) is 48.5 Å². The third-order valence-electron chi connectivity index (χ3n) is 6.09. The van der Waals surface area contributed by atoms with Gasteiger partial charge in [-0.2, -0.15) is 0 Å². The van der Waals surface area contributed by atoms with Gasteiger partial charge < -0.3 is 19.5 Å². The number of rotatable bonds is 10. The largest absolute Gasteiger partial charge is 0.493 e. The van der Waals surface area contributed by atoms with Gasteiger partial charge in [-0.3, -0.25) is 9.10 Å². The van der Waals surface area contributed by atoms with Crippen LogP contribution in [0.3, 0.4) is 0 Å². The highest BCUT2D eigenvalue weighted by Gasteiger charge is 2.25. The molecule has 10 heteroatoms. The summed E-state index contributed by atoms with van der Waals surface area (Å²) in [5, 5.41) is 2.72. The van der Waals surface area contributed by atoms with Crippen LogP contribution in [-0.2, 0) is 21.3 Å². The first-order valence-corrected chi connectivity index (χ1v) is 13.6. The number of amides is 1. The number of carbonyl (C=O) groups is 2. The van der Waals surface area contributed by atoms with Gasteiger partial charge >= 0.3 is 5.97 Å². The van der Waals surface area contributed by atoms with Crippen LogP contribution in [0.5, 0.6) is 11.5 Å². The Bertz CT molecular complexity index is 1590. The molecule has 4 aromatic carbocycles. The maximum atomic E-state index is 13.5. The molecule has 0 saturated heterocycles. The summed E-state index contributed by atoms with van der Waals surface area (Å²) < 4.78 is 43.8. The first-order valence-electron chi connectivity index (χ1n) is 12.2. The van der Waals surface area contributed by atoms with Crippen LogP contribution in [0.1, 0.15) is 26.3 Å². The molecule has 206 valence electrons. The molecule has 40 heavy (non-hydrogen) atoms. The lowest BCUT2D eigenvalue weighted by Gasteiger charge is -2.25. The Morgan fingerprint density at radius 1 is 0.775 bits per heavy atom. The zero-order chi connectivity index (χ0) is 28.7. The molecule has 0 aromatic heterocycles. The predicted molar refractivity (Wildman–Crippen MR) is 152 cm³/mol. The van der Waals surface area contributed by atoms with E-state index in [1.807, 2.05) is 6.07 Å². The number of nitrogens with one attached hydrogen (secondary N) is 1. The molecular weight excluding hydrogens is 532 g/mol. The van der Waals surface area contributed by atoms with Crippen LogP contribution in [0.15, 0.2) is 102 Å². The van der Waals surface area contributed by atoms with Crippen LogP contribution in [-0.4, -0.2) is 41.6 Å². The van der Waals surface area contributed by atoms with Gasteiger partial charge in [0.2, 0.25) is 0 Å². The van der Waals surface area contributed by atoms with Crippen molar-refractivity contribution in [3.8, 4) is 11.5 Å². The van der Waals surface area contributed by atoms with Crippen molar-refractivity contribution in [1.82, 2.24) is 0 Å². The summed E-state index contributed by atoms with van der Waals surface area (Å²) in [6.45, 7) is 0.0469. The topological polar surface area (TPSA) is 111 Å². The maximum Gasteiger partial charge on any atom is 0.340 e. The molecule has 4 aromatic rings. The van der Waals surface area contributed by atoms with Gasteiger partial charge in [0.25, 0.3) is 15.9 Å². The molecule has 4 rings (SSSR count). The summed E-state index contributed by atoms with van der Waals surface area (Å²) in [7, 11) is 0.251. The van der Waals surface area contributed by atoms with E-state index in [9.17, 15) is 18.0 Å². The van der Waals surface area contributed by atoms with Gasteiger partial charge in [0.05, 0.1) is 49.7 Å². The number of sulfonamides is 1. The highest BCUT2D eigenvalue weighted by atomic mass is 32.2. The van der Waals surface area contributed by atoms with E-state index in [4.69, 9.17) is 14.2 Å². The zero-order valence-corrected chi connectivity index (χ0v) is 23.0. The third kappa shape index (κ3) is 6.08. The molecule has 0 aliphatic carbocycles. The van der Waals surface area contributed by atoms with Gasteiger partial charge in [0, 0.05) is 17.7 Å². The summed E-state index contributed by atoms with van der Waals surface area (Å²) in [5.41, 5.74) is 1.75. The second-order valence-corrected chi connectivity index (χ2v) is 10.4. The van der Waals surface area contributed by atoms with Crippen molar-refractivity contribution in [2.75, 3.05) is 31.0 Å². The molecule has 0 fully saturated rings. The average Bonchev–Trinajstić information content (AvgIpc) is 3.00. The van der Waals surface area contributed by atoms with Crippen molar-refractivity contribution in [1.29, 1.82) is 0 Å². The number of benzene rings is 4. The highest BCUT2D eigenvalue weighted by molar-refractivity contribution is 7.92. The summed E-state index contributed by atoms with van der Waals surface area (Å²) in [5.74, 6) is -0.520. The van der Waals surface area contributed by atoms with Crippen LogP contribution in [0.2, 0.25) is 0 Å². The van der Waals surface area contributed by atoms with E-state index in [0.717, 1.165) is 0 Å². The summed E-state index contributed by atoms with van der Waals surface area (Å²) in [6.07, 6.45) is 0. The summed E-state index contributed by atoms with van der Waals surface area (Å²) in [4.78, 5) is 25.6. The van der Waals surface area contributed by atoms with Crippen LogP contribution in [0.4, 0.5) is 11.4 Å². The minimum Gasteiger partial charge on any atom is -0.493 e. The second-order valence-electron chi connectivity index (χ2n) is 8.56. The van der Waals surface area contributed by atoms with E-state index in [2.05, 4.69) is 5.32 Å². The van der Waals surface area contributed by atoms with E-state index in [1.165, 1.54) is 37.8 Å². The number of hydrogen-bond donors (Lipinski definition) is 1. The lowest BCUT2D eigenvalue weighted by molar-refractivity contribution is 0.0601. The number of nitrogens with zero attached hydrogens (tertiary/aromatic N) is 1. The first-order chi connectivity index (χ1) is 19.3. The van der Waals surface area contributed by atoms with Crippen LogP contribution >= 0.6 is 0 Å². The summed E-state index contributed by atoms with van der Waals surface area (Å²) >= 11 is 0. The second kappa shape index (κ2) is 12.4. The molecule has 0 aliphatic rings. The quantitative estimate of drug-likeness (QED) is 0.268. The van der Waals surface area contributed by atoms with Crippen molar-refractivity contribution >= 4 is 33.3 Å². The molecule has 1 amide bonds. The standard InChI is InChI=1S/C30H28N2O7S/c1-37-27-18-25(30(34)39-3)26(19-28(27)38-2)31-29(33)22-16-14-21(15-17-22)20-32(23-10-6-4-7-11-23)40(35,36)24-12-8-5-9-13-24/h4-19H,20H2,1-3H3,(H,31,33). The molecule has 0 heterocycles. The van der Waals surface area contributed by atoms with Crippen molar-refractivity contribution in [3.05, 3.63) is 114 Å². The Morgan fingerprint density at radius 2 is 1.35 bits per heavy atom.